The molecule has 0 fully saturated rings. The van der Waals surface area contributed by atoms with Crippen LogP contribution in [0.15, 0.2) is 0 Å². The molecule has 0 aliphatic carbocycles. The number of nitrogens with zero attached hydrogens (tertiary/aromatic N) is 3. The molecule has 0 amide bonds. The summed E-state index contributed by atoms with van der Waals surface area (Å²) in [6.07, 6.45) is 1.03. The minimum atomic E-state index is 0.247. The van der Waals surface area contributed by atoms with Crippen LogP contribution in [0.3, 0.4) is 0 Å². The summed E-state index contributed by atoms with van der Waals surface area (Å²) in [7, 11) is 0. The van der Waals surface area contributed by atoms with Crippen molar-refractivity contribution in [2.45, 2.75) is 26.8 Å². The standard InChI is InChI=1S/C7H15N5/c1-5(2)3-4-12-7(9)10-6(8)11-12/h5H,3-4H2,1-2H3,(H4,8,9,10,11). The highest BCUT2D eigenvalue weighted by molar-refractivity contribution is 5.25. The molecule has 1 aromatic rings. The first-order chi connectivity index (χ1) is 5.59. The van der Waals surface area contributed by atoms with Crippen molar-refractivity contribution in [2.24, 2.45) is 5.92 Å². The first-order valence-electron chi connectivity index (χ1n) is 4.05. The second-order valence-electron chi connectivity index (χ2n) is 3.23. The third-order valence-electron chi connectivity index (χ3n) is 1.63. The molecule has 68 valence electrons. The molecule has 4 N–H and O–H groups in total. The van der Waals surface area contributed by atoms with E-state index in [2.05, 4.69) is 23.9 Å². The lowest BCUT2D eigenvalue weighted by Gasteiger charge is -2.04. The van der Waals surface area contributed by atoms with Crippen molar-refractivity contribution in [1.29, 1.82) is 0 Å². The van der Waals surface area contributed by atoms with E-state index in [0.29, 0.717) is 11.9 Å². The van der Waals surface area contributed by atoms with Gasteiger partial charge in [0.2, 0.25) is 11.9 Å². The van der Waals surface area contributed by atoms with Gasteiger partial charge in [-0.2, -0.15) is 4.98 Å². The molecule has 0 aromatic carbocycles. The molecule has 0 saturated heterocycles. The number of rotatable bonds is 3. The molecule has 1 aromatic heterocycles. The van der Waals surface area contributed by atoms with Crippen molar-refractivity contribution in [3.05, 3.63) is 0 Å². The van der Waals surface area contributed by atoms with E-state index in [4.69, 9.17) is 11.5 Å². The maximum atomic E-state index is 5.54. The van der Waals surface area contributed by atoms with E-state index in [1.807, 2.05) is 0 Å². The molecular formula is C7H15N5. The first kappa shape index (κ1) is 8.83. The molecule has 0 saturated carbocycles. The normalized spacial score (nSPS) is 10.9. The maximum Gasteiger partial charge on any atom is 0.241 e. The van der Waals surface area contributed by atoms with Gasteiger partial charge in [-0.1, -0.05) is 13.8 Å². The van der Waals surface area contributed by atoms with Crippen LogP contribution in [-0.4, -0.2) is 14.8 Å². The zero-order valence-electron chi connectivity index (χ0n) is 7.49. The number of hydrogen-bond donors (Lipinski definition) is 2. The van der Waals surface area contributed by atoms with E-state index in [1.54, 1.807) is 4.68 Å². The fourth-order valence-electron chi connectivity index (χ4n) is 0.917. The van der Waals surface area contributed by atoms with Crippen molar-refractivity contribution in [3.8, 4) is 0 Å². The predicted molar refractivity (Wildman–Crippen MR) is 48.3 cm³/mol. The van der Waals surface area contributed by atoms with E-state index in [0.717, 1.165) is 13.0 Å². The fourth-order valence-corrected chi connectivity index (χ4v) is 0.917. The zero-order valence-corrected chi connectivity index (χ0v) is 7.49. The highest BCUT2D eigenvalue weighted by Crippen LogP contribution is 2.06. The van der Waals surface area contributed by atoms with Gasteiger partial charge in [-0.3, -0.25) is 0 Å². The predicted octanol–water partition coefficient (Wildman–Crippen LogP) is 0.489. The summed E-state index contributed by atoms with van der Waals surface area (Å²) in [5.74, 6) is 1.28. The summed E-state index contributed by atoms with van der Waals surface area (Å²) in [6.45, 7) is 5.08. The van der Waals surface area contributed by atoms with Crippen LogP contribution in [0, 0.1) is 5.92 Å². The lowest BCUT2D eigenvalue weighted by molar-refractivity contribution is 0.492. The molecule has 0 unspecified atom stereocenters. The zero-order chi connectivity index (χ0) is 9.14. The van der Waals surface area contributed by atoms with Gasteiger partial charge in [-0.25, -0.2) is 4.68 Å². The maximum absolute atomic E-state index is 5.54. The monoisotopic (exact) mass is 169 g/mol. The molecule has 0 atom stereocenters. The number of nitrogens with two attached hydrogens (primary N) is 2. The van der Waals surface area contributed by atoms with Crippen LogP contribution >= 0.6 is 0 Å². The summed E-state index contributed by atoms with van der Waals surface area (Å²) >= 11 is 0. The quantitative estimate of drug-likeness (QED) is 0.689. The van der Waals surface area contributed by atoms with Gasteiger partial charge in [0.25, 0.3) is 0 Å². The van der Waals surface area contributed by atoms with Crippen LogP contribution in [0.1, 0.15) is 20.3 Å². The second kappa shape index (κ2) is 3.42. The van der Waals surface area contributed by atoms with Crippen LogP contribution in [-0.2, 0) is 6.54 Å². The highest BCUT2D eigenvalue weighted by Gasteiger charge is 2.03. The van der Waals surface area contributed by atoms with E-state index < -0.39 is 0 Å². The number of aromatic nitrogens is 3. The third-order valence-corrected chi connectivity index (χ3v) is 1.63. The Labute approximate surface area is 71.8 Å². The van der Waals surface area contributed by atoms with Gasteiger partial charge < -0.3 is 11.5 Å². The molecule has 1 rings (SSSR count). The summed E-state index contributed by atoms with van der Waals surface area (Å²) in [4.78, 5) is 3.80. The lowest BCUT2D eigenvalue weighted by Crippen LogP contribution is -2.07. The highest BCUT2D eigenvalue weighted by atomic mass is 15.4. The Balaban J connectivity index is 2.57. The Bertz CT molecular complexity index is 252. The number of anilines is 2. The van der Waals surface area contributed by atoms with Gasteiger partial charge in [-0.05, 0) is 12.3 Å². The number of nitrogen functional groups attached to an aromatic ring is 2. The van der Waals surface area contributed by atoms with Crippen LogP contribution in [0.2, 0.25) is 0 Å². The molecule has 0 aliphatic heterocycles. The third kappa shape index (κ3) is 2.11. The van der Waals surface area contributed by atoms with E-state index in [-0.39, 0.29) is 5.95 Å². The van der Waals surface area contributed by atoms with Crippen molar-refractivity contribution < 1.29 is 0 Å². The van der Waals surface area contributed by atoms with Gasteiger partial charge in [0.05, 0.1) is 0 Å². The Morgan fingerprint density at radius 2 is 2.08 bits per heavy atom. The van der Waals surface area contributed by atoms with Crippen molar-refractivity contribution in [1.82, 2.24) is 14.8 Å². The molecule has 1 heterocycles. The average Bonchev–Trinajstić information content (AvgIpc) is 2.26. The van der Waals surface area contributed by atoms with Gasteiger partial charge in [0.1, 0.15) is 0 Å². The number of aryl methyl sites for hydroxylation is 1. The van der Waals surface area contributed by atoms with Gasteiger partial charge >= 0.3 is 0 Å². The topological polar surface area (TPSA) is 82.8 Å². The first-order valence-corrected chi connectivity index (χ1v) is 4.05. The van der Waals surface area contributed by atoms with Crippen LogP contribution in [0.25, 0.3) is 0 Å². The van der Waals surface area contributed by atoms with Crippen LogP contribution in [0.5, 0.6) is 0 Å². The summed E-state index contributed by atoms with van der Waals surface area (Å²) in [6, 6.07) is 0. The molecule has 0 aliphatic rings. The Kier molecular flexibility index (Phi) is 2.52. The van der Waals surface area contributed by atoms with E-state index in [1.165, 1.54) is 0 Å². The van der Waals surface area contributed by atoms with Gasteiger partial charge in [-0.15, -0.1) is 5.10 Å². The molecule has 0 bridgehead atoms. The second-order valence-corrected chi connectivity index (χ2v) is 3.23. The van der Waals surface area contributed by atoms with E-state index in [9.17, 15) is 0 Å². The fraction of sp³-hybridized carbons (Fsp3) is 0.714. The summed E-state index contributed by atoms with van der Waals surface area (Å²) < 4.78 is 1.63. The molecule has 5 heteroatoms. The number of hydrogen-bond acceptors (Lipinski definition) is 4. The van der Waals surface area contributed by atoms with Gasteiger partial charge in [0.15, 0.2) is 0 Å². The minimum absolute atomic E-state index is 0.247. The lowest BCUT2D eigenvalue weighted by atomic mass is 10.1. The molecule has 0 spiro atoms. The van der Waals surface area contributed by atoms with Crippen molar-refractivity contribution >= 4 is 11.9 Å². The average molecular weight is 169 g/mol. The minimum Gasteiger partial charge on any atom is -0.368 e. The van der Waals surface area contributed by atoms with Crippen LogP contribution in [0.4, 0.5) is 11.9 Å². The molecule has 0 radical (unpaired) electrons. The Hall–Kier alpha value is -1.26. The molecule has 5 nitrogen and oxygen atoms in total. The van der Waals surface area contributed by atoms with Crippen molar-refractivity contribution in [3.63, 3.8) is 0 Å². The SMILES string of the molecule is CC(C)CCn1nc(N)nc1N. The Morgan fingerprint density at radius 3 is 2.50 bits per heavy atom. The van der Waals surface area contributed by atoms with Gasteiger partial charge in [0, 0.05) is 6.54 Å². The van der Waals surface area contributed by atoms with Crippen molar-refractivity contribution in [2.75, 3.05) is 11.5 Å². The summed E-state index contributed by atoms with van der Waals surface area (Å²) in [5.41, 5.74) is 10.9. The molecular weight excluding hydrogens is 154 g/mol. The molecule has 12 heavy (non-hydrogen) atoms. The summed E-state index contributed by atoms with van der Waals surface area (Å²) in [5, 5.41) is 3.94. The largest absolute Gasteiger partial charge is 0.368 e. The smallest absolute Gasteiger partial charge is 0.241 e. The van der Waals surface area contributed by atoms with Crippen LogP contribution < -0.4 is 11.5 Å². The Morgan fingerprint density at radius 1 is 1.42 bits per heavy atom. The van der Waals surface area contributed by atoms with E-state index >= 15 is 0 Å².